The number of aryl methyl sites for hydroxylation is 1. The highest BCUT2D eigenvalue weighted by Gasteiger charge is 2.08. The standard InChI is InChI=1S/C13H18N2O2S/c1-2-13-14-5-6-15(13)8-11(16)9-17-10-12-4-3-7-18-12/h3-7,11,16H,2,8-10H2,1H3. The third-order valence-corrected chi connectivity index (χ3v) is 3.51. The lowest BCUT2D eigenvalue weighted by atomic mass is 10.3. The SMILES string of the molecule is CCc1nccn1CC(O)COCc1cccs1. The van der Waals surface area contributed by atoms with E-state index in [0.29, 0.717) is 19.8 Å². The molecule has 0 amide bonds. The van der Waals surface area contributed by atoms with E-state index in [1.165, 1.54) is 4.88 Å². The van der Waals surface area contributed by atoms with E-state index in [0.717, 1.165) is 12.2 Å². The summed E-state index contributed by atoms with van der Waals surface area (Å²) in [6.45, 7) is 3.50. The average molecular weight is 266 g/mol. The third-order valence-electron chi connectivity index (χ3n) is 2.66. The Morgan fingerprint density at radius 1 is 1.56 bits per heavy atom. The van der Waals surface area contributed by atoms with Gasteiger partial charge in [0.05, 0.1) is 25.9 Å². The number of aliphatic hydroxyl groups is 1. The summed E-state index contributed by atoms with van der Waals surface area (Å²) in [6.07, 6.45) is 4.03. The maximum Gasteiger partial charge on any atom is 0.108 e. The molecule has 0 aliphatic carbocycles. The van der Waals surface area contributed by atoms with Gasteiger partial charge in [-0.25, -0.2) is 4.98 Å². The fourth-order valence-electron chi connectivity index (χ4n) is 1.79. The Morgan fingerprint density at radius 3 is 3.17 bits per heavy atom. The lowest BCUT2D eigenvalue weighted by Crippen LogP contribution is -2.22. The van der Waals surface area contributed by atoms with Gasteiger partial charge in [0, 0.05) is 23.7 Å². The first-order valence-electron chi connectivity index (χ1n) is 6.07. The van der Waals surface area contributed by atoms with E-state index in [4.69, 9.17) is 4.74 Å². The van der Waals surface area contributed by atoms with Gasteiger partial charge in [-0.15, -0.1) is 11.3 Å². The van der Waals surface area contributed by atoms with E-state index in [2.05, 4.69) is 11.9 Å². The van der Waals surface area contributed by atoms with Gasteiger partial charge >= 0.3 is 0 Å². The summed E-state index contributed by atoms with van der Waals surface area (Å²) in [7, 11) is 0. The molecule has 1 atom stereocenters. The Labute approximate surface area is 111 Å². The summed E-state index contributed by atoms with van der Waals surface area (Å²) in [5.41, 5.74) is 0. The van der Waals surface area contributed by atoms with Crippen molar-refractivity contribution < 1.29 is 9.84 Å². The molecule has 5 heteroatoms. The number of imidazole rings is 1. The van der Waals surface area contributed by atoms with Gasteiger partial charge in [0.25, 0.3) is 0 Å². The minimum Gasteiger partial charge on any atom is -0.389 e. The molecule has 2 aromatic heterocycles. The molecule has 0 bridgehead atoms. The van der Waals surface area contributed by atoms with Crippen LogP contribution in [-0.2, 0) is 24.3 Å². The van der Waals surface area contributed by atoms with Gasteiger partial charge in [0.1, 0.15) is 5.82 Å². The zero-order chi connectivity index (χ0) is 12.8. The van der Waals surface area contributed by atoms with Gasteiger partial charge in [-0.1, -0.05) is 13.0 Å². The molecule has 0 saturated carbocycles. The maximum absolute atomic E-state index is 9.90. The Morgan fingerprint density at radius 2 is 2.44 bits per heavy atom. The van der Waals surface area contributed by atoms with Crippen LogP contribution in [0.4, 0.5) is 0 Å². The van der Waals surface area contributed by atoms with Crippen molar-refractivity contribution in [3.8, 4) is 0 Å². The Balaban J connectivity index is 1.73. The molecule has 1 unspecified atom stereocenters. The first kappa shape index (κ1) is 13.3. The van der Waals surface area contributed by atoms with Crippen molar-refractivity contribution in [2.45, 2.75) is 32.6 Å². The normalized spacial score (nSPS) is 12.8. The first-order valence-corrected chi connectivity index (χ1v) is 6.95. The van der Waals surface area contributed by atoms with E-state index in [-0.39, 0.29) is 0 Å². The number of ether oxygens (including phenoxy) is 1. The van der Waals surface area contributed by atoms with Crippen LogP contribution >= 0.6 is 11.3 Å². The number of thiophene rings is 1. The van der Waals surface area contributed by atoms with Crippen molar-refractivity contribution >= 4 is 11.3 Å². The summed E-state index contributed by atoms with van der Waals surface area (Å²) >= 11 is 1.66. The van der Waals surface area contributed by atoms with Gasteiger partial charge < -0.3 is 14.4 Å². The summed E-state index contributed by atoms with van der Waals surface area (Å²) < 4.78 is 7.46. The maximum atomic E-state index is 9.90. The summed E-state index contributed by atoms with van der Waals surface area (Å²) in [4.78, 5) is 5.40. The largest absolute Gasteiger partial charge is 0.389 e. The van der Waals surface area contributed by atoms with Crippen LogP contribution in [0, 0.1) is 0 Å². The van der Waals surface area contributed by atoms with E-state index in [9.17, 15) is 5.11 Å². The van der Waals surface area contributed by atoms with Gasteiger partial charge in [0.2, 0.25) is 0 Å². The Kier molecular flexibility index (Phi) is 4.92. The Bertz CT molecular complexity index is 453. The van der Waals surface area contributed by atoms with Gasteiger partial charge in [-0.2, -0.15) is 0 Å². The monoisotopic (exact) mass is 266 g/mol. The molecule has 2 aromatic rings. The number of hydrogen-bond donors (Lipinski definition) is 1. The van der Waals surface area contributed by atoms with Gasteiger partial charge in [0.15, 0.2) is 0 Å². The highest BCUT2D eigenvalue weighted by atomic mass is 32.1. The number of aromatic nitrogens is 2. The quantitative estimate of drug-likeness (QED) is 0.834. The second kappa shape index (κ2) is 6.68. The first-order chi connectivity index (χ1) is 8.79. The van der Waals surface area contributed by atoms with E-state index in [1.54, 1.807) is 17.5 Å². The van der Waals surface area contributed by atoms with Crippen LogP contribution in [0.15, 0.2) is 29.9 Å². The molecule has 1 N–H and O–H groups in total. The zero-order valence-electron chi connectivity index (χ0n) is 10.5. The zero-order valence-corrected chi connectivity index (χ0v) is 11.3. The summed E-state index contributed by atoms with van der Waals surface area (Å²) in [6, 6.07) is 4.03. The Hall–Kier alpha value is -1.17. The summed E-state index contributed by atoms with van der Waals surface area (Å²) in [5, 5.41) is 11.9. The minimum absolute atomic E-state index is 0.346. The van der Waals surface area contributed by atoms with Crippen LogP contribution in [-0.4, -0.2) is 27.4 Å². The summed E-state index contributed by atoms with van der Waals surface area (Å²) in [5.74, 6) is 0.993. The molecule has 2 heterocycles. The molecular formula is C13H18N2O2S. The lowest BCUT2D eigenvalue weighted by molar-refractivity contribution is 0.0209. The lowest BCUT2D eigenvalue weighted by Gasteiger charge is -2.13. The second-order valence-electron chi connectivity index (χ2n) is 4.10. The molecule has 0 aliphatic heterocycles. The number of aliphatic hydroxyl groups excluding tert-OH is 1. The van der Waals surface area contributed by atoms with Crippen molar-refractivity contribution in [3.05, 3.63) is 40.6 Å². The molecule has 0 aliphatic rings. The number of hydrogen-bond acceptors (Lipinski definition) is 4. The van der Waals surface area contributed by atoms with Crippen LogP contribution in [0.5, 0.6) is 0 Å². The van der Waals surface area contributed by atoms with Gasteiger partial charge in [-0.05, 0) is 11.4 Å². The fraction of sp³-hybridized carbons (Fsp3) is 0.462. The molecule has 0 fully saturated rings. The third kappa shape index (κ3) is 3.66. The predicted octanol–water partition coefficient (Wildman–Crippen LogP) is 2.08. The molecule has 0 saturated heterocycles. The topological polar surface area (TPSA) is 47.3 Å². The van der Waals surface area contributed by atoms with Crippen LogP contribution in [0.1, 0.15) is 17.6 Å². The van der Waals surface area contributed by atoms with Crippen molar-refractivity contribution in [2.24, 2.45) is 0 Å². The molecule has 0 radical (unpaired) electrons. The van der Waals surface area contributed by atoms with Crippen molar-refractivity contribution in [1.29, 1.82) is 0 Å². The smallest absolute Gasteiger partial charge is 0.108 e. The van der Waals surface area contributed by atoms with Crippen molar-refractivity contribution in [3.63, 3.8) is 0 Å². The molecule has 0 aromatic carbocycles. The molecule has 18 heavy (non-hydrogen) atoms. The van der Waals surface area contributed by atoms with Crippen LogP contribution in [0.25, 0.3) is 0 Å². The fourth-order valence-corrected chi connectivity index (χ4v) is 2.43. The van der Waals surface area contributed by atoms with Crippen LogP contribution < -0.4 is 0 Å². The van der Waals surface area contributed by atoms with E-state index < -0.39 is 6.10 Å². The second-order valence-corrected chi connectivity index (χ2v) is 5.13. The molecule has 0 spiro atoms. The van der Waals surface area contributed by atoms with Crippen LogP contribution in [0.3, 0.4) is 0 Å². The van der Waals surface area contributed by atoms with Crippen molar-refractivity contribution in [2.75, 3.05) is 6.61 Å². The number of rotatable bonds is 7. The van der Waals surface area contributed by atoms with Crippen LogP contribution in [0.2, 0.25) is 0 Å². The van der Waals surface area contributed by atoms with Gasteiger partial charge in [-0.3, -0.25) is 0 Å². The molecule has 2 rings (SSSR count). The van der Waals surface area contributed by atoms with Crippen molar-refractivity contribution in [1.82, 2.24) is 9.55 Å². The van der Waals surface area contributed by atoms with E-state index >= 15 is 0 Å². The minimum atomic E-state index is -0.496. The molecular weight excluding hydrogens is 248 g/mol. The predicted molar refractivity (Wildman–Crippen MR) is 71.6 cm³/mol. The average Bonchev–Trinajstić information content (AvgIpc) is 3.00. The highest BCUT2D eigenvalue weighted by Crippen LogP contribution is 2.10. The number of nitrogens with zero attached hydrogens (tertiary/aromatic N) is 2. The highest BCUT2D eigenvalue weighted by molar-refractivity contribution is 7.09. The molecule has 98 valence electrons. The van der Waals surface area contributed by atoms with E-state index in [1.807, 2.05) is 28.3 Å². The molecule has 4 nitrogen and oxygen atoms in total.